The summed E-state index contributed by atoms with van der Waals surface area (Å²) in [5.74, 6) is 0.619. The molecule has 0 atom stereocenters. The maximum Gasteiger partial charge on any atom is 0.161 e. The third kappa shape index (κ3) is 4.30. The topological polar surface area (TPSA) is 64.5 Å². The van der Waals surface area contributed by atoms with Crippen LogP contribution in [0.4, 0.5) is 0 Å². The lowest BCUT2D eigenvalue weighted by atomic mass is 10.0. The molecular formula is C34H23N5. The van der Waals surface area contributed by atoms with Gasteiger partial charge in [0.1, 0.15) is 0 Å². The van der Waals surface area contributed by atoms with Crippen molar-refractivity contribution in [2.24, 2.45) is 0 Å². The molecule has 3 aromatic carbocycles. The number of benzene rings is 3. The minimum atomic E-state index is 0.619. The van der Waals surface area contributed by atoms with Crippen LogP contribution in [-0.2, 0) is 0 Å². The number of nitrogens with zero attached hydrogens (tertiary/aromatic N) is 5. The molecule has 0 spiro atoms. The van der Waals surface area contributed by atoms with Crippen LogP contribution in [0.2, 0.25) is 0 Å². The molecule has 0 aliphatic heterocycles. The first-order valence-electron chi connectivity index (χ1n) is 12.9. The molecule has 5 nitrogen and oxygen atoms in total. The molecule has 0 bridgehead atoms. The second kappa shape index (κ2) is 9.54. The fourth-order valence-corrected chi connectivity index (χ4v) is 4.88. The lowest BCUT2D eigenvalue weighted by molar-refractivity contribution is 1.16. The zero-order valence-electron chi connectivity index (χ0n) is 21.3. The van der Waals surface area contributed by atoms with Gasteiger partial charge in [-0.1, -0.05) is 84.9 Å². The summed E-state index contributed by atoms with van der Waals surface area (Å²) in [7, 11) is 0. The Bertz CT molecular complexity index is 1900. The molecule has 7 rings (SSSR count). The largest absolute Gasteiger partial charge is 0.255 e. The van der Waals surface area contributed by atoms with Crippen LogP contribution in [0.15, 0.2) is 121 Å². The van der Waals surface area contributed by atoms with Gasteiger partial charge >= 0.3 is 0 Å². The lowest BCUT2D eigenvalue weighted by Gasteiger charge is -2.13. The van der Waals surface area contributed by atoms with Gasteiger partial charge in [0.2, 0.25) is 0 Å². The normalized spacial score (nSPS) is 11.2. The van der Waals surface area contributed by atoms with Crippen molar-refractivity contribution >= 4 is 21.8 Å². The molecule has 0 aliphatic rings. The summed E-state index contributed by atoms with van der Waals surface area (Å²) < 4.78 is 0. The van der Waals surface area contributed by atoms with E-state index in [-0.39, 0.29) is 0 Å². The van der Waals surface area contributed by atoms with Crippen LogP contribution in [-0.4, -0.2) is 24.9 Å². The number of hydrogen-bond acceptors (Lipinski definition) is 5. The predicted molar refractivity (Wildman–Crippen MR) is 157 cm³/mol. The van der Waals surface area contributed by atoms with E-state index in [1.165, 1.54) is 0 Å². The zero-order chi connectivity index (χ0) is 26.2. The molecule has 184 valence electrons. The Morgan fingerprint density at radius 3 is 1.87 bits per heavy atom. The second-order valence-corrected chi connectivity index (χ2v) is 9.45. The molecule has 7 aromatic rings. The van der Waals surface area contributed by atoms with Crippen LogP contribution >= 0.6 is 0 Å². The van der Waals surface area contributed by atoms with Gasteiger partial charge in [-0.2, -0.15) is 0 Å². The molecule has 0 radical (unpaired) electrons. The zero-order valence-corrected chi connectivity index (χ0v) is 21.3. The summed E-state index contributed by atoms with van der Waals surface area (Å²) in [5.41, 5.74) is 8.84. The van der Waals surface area contributed by atoms with Crippen molar-refractivity contribution in [3.05, 3.63) is 127 Å². The van der Waals surface area contributed by atoms with E-state index in [1.54, 1.807) is 6.20 Å². The van der Waals surface area contributed by atoms with E-state index in [4.69, 9.17) is 19.9 Å². The van der Waals surface area contributed by atoms with Gasteiger partial charge in [0.25, 0.3) is 0 Å². The van der Waals surface area contributed by atoms with Gasteiger partial charge in [-0.25, -0.2) is 15.0 Å². The fraction of sp³-hybridized carbons (Fsp3) is 0.0294. The van der Waals surface area contributed by atoms with Crippen molar-refractivity contribution in [3.8, 4) is 45.3 Å². The molecule has 0 N–H and O–H groups in total. The van der Waals surface area contributed by atoms with E-state index >= 15 is 0 Å². The molecule has 4 aromatic heterocycles. The third-order valence-electron chi connectivity index (χ3n) is 6.81. The minimum Gasteiger partial charge on any atom is -0.255 e. The first-order chi connectivity index (χ1) is 19.2. The van der Waals surface area contributed by atoms with Crippen molar-refractivity contribution < 1.29 is 0 Å². The lowest BCUT2D eigenvalue weighted by Crippen LogP contribution is -1.99. The van der Waals surface area contributed by atoms with Crippen molar-refractivity contribution in [1.29, 1.82) is 0 Å². The number of fused-ring (bicyclic) bond motifs is 3. The highest BCUT2D eigenvalue weighted by Crippen LogP contribution is 2.35. The second-order valence-electron chi connectivity index (χ2n) is 9.45. The summed E-state index contributed by atoms with van der Waals surface area (Å²) >= 11 is 0. The van der Waals surface area contributed by atoms with Gasteiger partial charge in [0, 0.05) is 39.4 Å². The van der Waals surface area contributed by atoms with Crippen molar-refractivity contribution in [2.45, 2.75) is 6.92 Å². The minimum absolute atomic E-state index is 0.619. The van der Waals surface area contributed by atoms with Crippen LogP contribution < -0.4 is 0 Å². The third-order valence-corrected chi connectivity index (χ3v) is 6.81. The first-order valence-corrected chi connectivity index (χ1v) is 12.9. The summed E-state index contributed by atoms with van der Waals surface area (Å²) in [4.78, 5) is 24.8. The molecule has 5 heteroatoms. The average Bonchev–Trinajstić information content (AvgIpc) is 3.01. The fourth-order valence-electron chi connectivity index (χ4n) is 4.88. The summed E-state index contributed by atoms with van der Waals surface area (Å²) in [6, 6.07) is 38.7. The van der Waals surface area contributed by atoms with Crippen LogP contribution in [0.1, 0.15) is 5.69 Å². The highest BCUT2D eigenvalue weighted by molar-refractivity contribution is 6.08. The molecule has 0 aliphatic carbocycles. The highest BCUT2D eigenvalue weighted by atomic mass is 14.9. The standard InChI is InChI=1S/C34H23N5/c1-22-15-16-25-17-18-26-27(20-29(23-10-4-2-5-11-23)37-33(26)32(25)36-22)34-38-30(24-12-6-3-7-13-24)21-31(39-34)28-14-8-9-19-35-28/h2-21H,1H3. The summed E-state index contributed by atoms with van der Waals surface area (Å²) in [6.45, 7) is 2.01. The Hall–Kier alpha value is -5.29. The maximum absolute atomic E-state index is 5.13. The first kappa shape index (κ1) is 22.9. The molecule has 0 saturated carbocycles. The Labute approximate surface area is 225 Å². The number of rotatable bonds is 4. The molecule has 0 fully saturated rings. The van der Waals surface area contributed by atoms with E-state index in [0.29, 0.717) is 5.82 Å². The number of hydrogen-bond donors (Lipinski definition) is 0. The van der Waals surface area contributed by atoms with Gasteiger partial charge in [-0.05, 0) is 37.3 Å². The average molecular weight is 502 g/mol. The van der Waals surface area contributed by atoms with Crippen LogP contribution in [0.25, 0.3) is 67.1 Å². The SMILES string of the molecule is Cc1ccc2ccc3c(-c4nc(-c5ccccc5)cc(-c5ccccn5)n4)cc(-c4ccccc4)nc3c2n1. The van der Waals surface area contributed by atoms with Gasteiger partial charge < -0.3 is 0 Å². The number of pyridine rings is 3. The molecule has 0 unspecified atom stereocenters. The van der Waals surface area contributed by atoms with E-state index in [9.17, 15) is 0 Å². The molecule has 0 saturated heterocycles. The Kier molecular flexibility index (Phi) is 5.60. The molecule has 0 amide bonds. The van der Waals surface area contributed by atoms with Crippen molar-refractivity contribution in [3.63, 3.8) is 0 Å². The quantitative estimate of drug-likeness (QED) is 0.229. The van der Waals surface area contributed by atoms with Crippen molar-refractivity contribution in [2.75, 3.05) is 0 Å². The molecule has 4 heterocycles. The van der Waals surface area contributed by atoms with Crippen LogP contribution in [0, 0.1) is 6.92 Å². The Balaban J connectivity index is 1.56. The Morgan fingerprint density at radius 2 is 1.15 bits per heavy atom. The van der Waals surface area contributed by atoms with E-state index < -0.39 is 0 Å². The van der Waals surface area contributed by atoms with Gasteiger partial charge in [0.15, 0.2) is 5.82 Å². The maximum atomic E-state index is 5.13. The van der Waals surface area contributed by atoms with Gasteiger partial charge in [-0.15, -0.1) is 0 Å². The number of aryl methyl sites for hydroxylation is 1. The smallest absolute Gasteiger partial charge is 0.161 e. The highest BCUT2D eigenvalue weighted by Gasteiger charge is 2.17. The molecular weight excluding hydrogens is 478 g/mol. The number of aromatic nitrogens is 5. The van der Waals surface area contributed by atoms with E-state index in [2.05, 4.69) is 53.5 Å². The predicted octanol–water partition coefficient (Wildman–Crippen LogP) is 7.94. The van der Waals surface area contributed by atoms with Gasteiger partial charge in [0.05, 0.1) is 33.8 Å². The van der Waals surface area contributed by atoms with Crippen molar-refractivity contribution in [1.82, 2.24) is 24.9 Å². The van der Waals surface area contributed by atoms with E-state index in [0.717, 1.165) is 67.0 Å². The molecule has 39 heavy (non-hydrogen) atoms. The van der Waals surface area contributed by atoms with Crippen LogP contribution in [0.5, 0.6) is 0 Å². The van der Waals surface area contributed by atoms with Gasteiger partial charge in [-0.3, -0.25) is 9.97 Å². The Morgan fingerprint density at radius 1 is 0.487 bits per heavy atom. The van der Waals surface area contributed by atoms with Crippen LogP contribution in [0.3, 0.4) is 0 Å². The summed E-state index contributed by atoms with van der Waals surface area (Å²) in [6.07, 6.45) is 1.79. The van der Waals surface area contributed by atoms with E-state index in [1.807, 2.05) is 73.7 Å². The monoisotopic (exact) mass is 501 g/mol. The summed E-state index contributed by atoms with van der Waals surface area (Å²) in [5, 5.41) is 2.00.